The number of nitrogens with zero attached hydrogens (tertiary/aromatic N) is 1. The Hall–Kier alpha value is -2.89. The van der Waals surface area contributed by atoms with Gasteiger partial charge in [0.05, 0.1) is 27.0 Å². The molecule has 0 aliphatic heterocycles. The lowest BCUT2D eigenvalue weighted by molar-refractivity contribution is 0.311. The summed E-state index contributed by atoms with van der Waals surface area (Å²) in [5, 5.41) is 23.6. The summed E-state index contributed by atoms with van der Waals surface area (Å²) >= 11 is 0. The zero-order valence-electron chi connectivity index (χ0n) is 16.2. The standard InChI is InChI=1S/C21H25NO5/c1-21(2)14(12-6-7-18(26-4)19(8-12)27-5)11-16(22-24)20-15(21)9-13(25-3)10-17(20)23/h6-10,14,23-24H,11H2,1-5H3. The predicted molar refractivity (Wildman–Crippen MR) is 103 cm³/mol. The predicted octanol–water partition coefficient (Wildman–Crippen LogP) is 4.06. The summed E-state index contributed by atoms with van der Waals surface area (Å²) in [7, 11) is 4.76. The van der Waals surface area contributed by atoms with Gasteiger partial charge in [-0.3, -0.25) is 0 Å². The lowest BCUT2D eigenvalue weighted by Crippen LogP contribution is -2.35. The van der Waals surface area contributed by atoms with Gasteiger partial charge in [0.2, 0.25) is 0 Å². The maximum Gasteiger partial charge on any atom is 0.160 e. The molecule has 0 saturated heterocycles. The molecule has 1 aliphatic carbocycles. The van der Waals surface area contributed by atoms with Crippen LogP contribution in [0.1, 0.15) is 42.9 Å². The van der Waals surface area contributed by atoms with E-state index in [9.17, 15) is 10.3 Å². The van der Waals surface area contributed by atoms with Crippen molar-refractivity contribution in [3.8, 4) is 23.0 Å². The number of phenolic OH excluding ortho intramolecular Hbond substituents is 1. The van der Waals surface area contributed by atoms with Crippen molar-refractivity contribution in [1.29, 1.82) is 0 Å². The van der Waals surface area contributed by atoms with E-state index in [4.69, 9.17) is 14.2 Å². The summed E-state index contributed by atoms with van der Waals surface area (Å²) in [4.78, 5) is 0. The third kappa shape index (κ3) is 3.05. The molecule has 1 atom stereocenters. The minimum atomic E-state index is -0.352. The number of rotatable bonds is 4. The summed E-state index contributed by atoms with van der Waals surface area (Å²) in [5.74, 6) is 1.92. The van der Waals surface area contributed by atoms with E-state index in [1.165, 1.54) is 6.07 Å². The lowest BCUT2D eigenvalue weighted by Gasteiger charge is -2.41. The van der Waals surface area contributed by atoms with Crippen LogP contribution in [-0.2, 0) is 5.41 Å². The Kier molecular flexibility index (Phi) is 4.91. The van der Waals surface area contributed by atoms with Crippen LogP contribution in [0.25, 0.3) is 0 Å². The van der Waals surface area contributed by atoms with E-state index in [2.05, 4.69) is 19.0 Å². The fraction of sp³-hybridized carbons (Fsp3) is 0.381. The second-order valence-corrected chi connectivity index (χ2v) is 7.21. The van der Waals surface area contributed by atoms with Crippen molar-refractivity contribution >= 4 is 5.71 Å². The molecule has 6 nitrogen and oxygen atoms in total. The highest BCUT2D eigenvalue weighted by atomic mass is 16.5. The number of hydrogen-bond donors (Lipinski definition) is 2. The Morgan fingerprint density at radius 1 is 1.00 bits per heavy atom. The number of benzene rings is 2. The highest BCUT2D eigenvalue weighted by Crippen LogP contribution is 2.51. The number of fused-ring (bicyclic) bond motifs is 1. The van der Waals surface area contributed by atoms with Gasteiger partial charge in [-0.2, -0.15) is 0 Å². The van der Waals surface area contributed by atoms with E-state index in [0.717, 1.165) is 11.1 Å². The molecule has 0 saturated carbocycles. The summed E-state index contributed by atoms with van der Waals surface area (Å²) in [6, 6.07) is 9.25. The van der Waals surface area contributed by atoms with Gasteiger partial charge in [-0.1, -0.05) is 25.1 Å². The van der Waals surface area contributed by atoms with Crippen molar-refractivity contribution in [2.45, 2.75) is 31.6 Å². The van der Waals surface area contributed by atoms with Gasteiger partial charge >= 0.3 is 0 Å². The topological polar surface area (TPSA) is 80.5 Å². The number of aromatic hydroxyl groups is 1. The Bertz CT molecular complexity index is 888. The summed E-state index contributed by atoms with van der Waals surface area (Å²) in [5.41, 5.74) is 2.57. The summed E-state index contributed by atoms with van der Waals surface area (Å²) in [6.07, 6.45) is 0.478. The number of hydrogen-bond acceptors (Lipinski definition) is 6. The van der Waals surface area contributed by atoms with Crippen LogP contribution in [0, 0.1) is 0 Å². The van der Waals surface area contributed by atoms with E-state index in [-0.39, 0.29) is 17.1 Å². The van der Waals surface area contributed by atoms with Gasteiger partial charge in [0.15, 0.2) is 11.5 Å². The third-order valence-electron chi connectivity index (χ3n) is 5.51. The quantitative estimate of drug-likeness (QED) is 0.626. The molecule has 3 rings (SSSR count). The summed E-state index contributed by atoms with van der Waals surface area (Å²) in [6.45, 7) is 4.22. The van der Waals surface area contributed by atoms with Gasteiger partial charge < -0.3 is 24.5 Å². The maximum absolute atomic E-state index is 10.5. The molecule has 27 heavy (non-hydrogen) atoms. The average Bonchev–Trinajstić information content (AvgIpc) is 2.67. The zero-order valence-corrected chi connectivity index (χ0v) is 16.2. The van der Waals surface area contributed by atoms with Crippen molar-refractivity contribution in [1.82, 2.24) is 0 Å². The molecule has 1 unspecified atom stereocenters. The Balaban J connectivity index is 2.19. The normalized spacial score (nSPS) is 19.4. The zero-order chi connectivity index (χ0) is 19.8. The van der Waals surface area contributed by atoms with Crippen molar-refractivity contribution in [3.63, 3.8) is 0 Å². The highest BCUT2D eigenvalue weighted by Gasteiger charge is 2.42. The molecule has 144 valence electrons. The van der Waals surface area contributed by atoms with Crippen LogP contribution in [0.5, 0.6) is 23.0 Å². The van der Waals surface area contributed by atoms with Crippen molar-refractivity contribution < 1.29 is 24.5 Å². The van der Waals surface area contributed by atoms with Gasteiger partial charge in [-0.15, -0.1) is 0 Å². The molecule has 0 amide bonds. The molecule has 1 aliphatic rings. The van der Waals surface area contributed by atoms with Crippen LogP contribution in [0.2, 0.25) is 0 Å². The van der Waals surface area contributed by atoms with E-state index >= 15 is 0 Å². The number of ether oxygens (including phenoxy) is 3. The molecule has 0 heterocycles. The minimum Gasteiger partial charge on any atom is -0.507 e. The molecule has 0 fully saturated rings. The van der Waals surface area contributed by atoms with Crippen LogP contribution in [0.15, 0.2) is 35.5 Å². The van der Waals surface area contributed by atoms with Crippen LogP contribution < -0.4 is 14.2 Å². The number of phenols is 1. The first kappa shape index (κ1) is 18.9. The molecule has 0 radical (unpaired) electrons. The van der Waals surface area contributed by atoms with E-state index in [1.54, 1.807) is 21.3 Å². The molecule has 2 aromatic carbocycles. The second kappa shape index (κ2) is 7.02. The van der Waals surface area contributed by atoms with Crippen molar-refractivity contribution in [2.24, 2.45) is 5.16 Å². The average molecular weight is 371 g/mol. The Morgan fingerprint density at radius 3 is 2.30 bits per heavy atom. The van der Waals surface area contributed by atoms with Crippen LogP contribution in [0.3, 0.4) is 0 Å². The molecule has 0 spiro atoms. The lowest BCUT2D eigenvalue weighted by atomic mass is 9.62. The molecule has 2 N–H and O–H groups in total. The first-order valence-electron chi connectivity index (χ1n) is 8.72. The fourth-order valence-electron chi connectivity index (χ4n) is 3.96. The first-order valence-corrected chi connectivity index (χ1v) is 8.72. The SMILES string of the molecule is COc1cc(O)c2c(c1)C(C)(C)C(c1ccc(OC)c(OC)c1)CC2=NO. The Labute approximate surface area is 159 Å². The van der Waals surface area contributed by atoms with Gasteiger partial charge in [0.1, 0.15) is 11.5 Å². The molecule has 0 bridgehead atoms. The minimum absolute atomic E-state index is 0.00205. The smallest absolute Gasteiger partial charge is 0.160 e. The highest BCUT2D eigenvalue weighted by molar-refractivity contribution is 6.06. The molecule has 6 heteroatoms. The largest absolute Gasteiger partial charge is 0.507 e. The van der Waals surface area contributed by atoms with E-state index < -0.39 is 0 Å². The molecular formula is C21H25NO5. The molecule has 0 aromatic heterocycles. The molecular weight excluding hydrogens is 346 g/mol. The first-order chi connectivity index (χ1) is 12.9. The number of methoxy groups -OCH3 is 3. The second-order valence-electron chi connectivity index (χ2n) is 7.21. The van der Waals surface area contributed by atoms with Gasteiger partial charge in [-0.25, -0.2) is 0 Å². The monoisotopic (exact) mass is 371 g/mol. The fourth-order valence-corrected chi connectivity index (χ4v) is 3.96. The van der Waals surface area contributed by atoms with Crippen LogP contribution in [0.4, 0.5) is 0 Å². The van der Waals surface area contributed by atoms with Gasteiger partial charge in [0.25, 0.3) is 0 Å². The van der Waals surface area contributed by atoms with E-state index in [1.807, 2.05) is 24.3 Å². The third-order valence-corrected chi connectivity index (χ3v) is 5.51. The van der Waals surface area contributed by atoms with Crippen molar-refractivity contribution in [2.75, 3.05) is 21.3 Å². The van der Waals surface area contributed by atoms with Gasteiger partial charge in [0, 0.05) is 18.1 Å². The number of oxime groups is 1. The van der Waals surface area contributed by atoms with Crippen LogP contribution in [-0.4, -0.2) is 37.4 Å². The maximum atomic E-state index is 10.5. The van der Waals surface area contributed by atoms with Gasteiger partial charge in [-0.05, 0) is 40.7 Å². The molecule has 2 aromatic rings. The van der Waals surface area contributed by atoms with Crippen LogP contribution >= 0.6 is 0 Å². The summed E-state index contributed by atoms with van der Waals surface area (Å²) < 4.78 is 16.1. The van der Waals surface area contributed by atoms with Crippen molar-refractivity contribution in [3.05, 3.63) is 47.0 Å². The Morgan fingerprint density at radius 2 is 1.70 bits per heavy atom. The van der Waals surface area contributed by atoms with E-state index in [0.29, 0.717) is 34.9 Å².